The van der Waals surface area contributed by atoms with Crippen LogP contribution in [0.25, 0.3) is 0 Å². The van der Waals surface area contributed by atoms with E-state index < -0.39 is 10.0 Å². The molecule has 2 aromatic rings. The lowest BCUT2D eigenvalue weighted by atomic mass is 10.1. The van der Waals surface area contributed by atoms with Gasteiger partial charge >= 0.3 is 0 Å². The van der Waals surface area contributed by atoms with E-state index in [4.69, 9.17) is 0 Å². The zero-order valence-corrected chi connectivity index (χ0v) is 20.8. The van der Waals surface area contributed by atoms with Crippen LogP contribution in [-0.4, -0.2) is 74.8 Å². The number of amides is 1. The molecule has 184 valence electrons. The highest BCUT2D eigenvalue weighted by Gasteiger charge is 2.25. The molecule has 9 heteroatoms. The Morgan fingerprint density at radius 1 is 0.912 bits per heavy atom. The molecule has 2 aliphatic heterocycles. The van der Waals surface area contributed by atoms with E-state index in [-0.39, 0.29) is 5.91 Å². The first kappa shape index (κ1) is 24.6. The van der Waals surface area contributed by atoms with Crippen molar-refractivity contribution < 1.29 is 13.2 Å². The van der Waals surface area contributed by atoms with Crippen LogP contribution >= 0.6 is 0 Å². The molecular formula is C25H35N5O3S. The van der Waals surface area contributed by atoms with Crippen LogP contribution in [0.2, 0.25) is 0 Å². The van der Waals surface area contributed by atoms with Crippen molar-refractivity contribution in [2.75, 3.05) is 56.5 Å². The summed E-state index contributed by atoms with van der Waals surface area (Å²) in [5.41, 5.74) is 1.62. The van der Waals surface area contributed by atoms with Gasteiger partial charge in [-0.05, 0) is 56.1 Å². The number of likely N-dealkylation sites (N-methyl/N-ethyl adjacent to an activating group) is 1. The minimum Gasteiger partial charge on any atom is -0.354 e. The number of hydrogen-bond acceptors (Lipinski definition) is 6. The number of pyridine rings is 1. The fourth-order valence-corrected chi connectivity index (χ4v) is 5.94. The summed E-state index contributed by atoms with van der Waals surface area (Å²) in [6, 6.07) is 10.8. The lowest BCUT2D eigenvalue weighted by Gasteiger charge is -2.33. The summed E-state index contributed by atoms with van der Waals surface area (Å²) in [6.07, 6.45) is 6.57. The molecule has 0 spiro atoms. The van der Waals surface area contributed by atoms with Crippen LogP contribution in [-0.2, 0) is 21.2 Å². The van der Waals surface area contributed by atoms with Gasteiger partial charge in [0.1, 0.15) is 5.82 Å². The molecule has 2 aliphatic rings. The quantitative estimate of drug-likeness (QED) is 0.649. The van der Waals surface area contributed by atoms with Crippen molar-refractivity contribution in [1.29, 1.82) is 0 Å². The number of hydrogen-bond donors (Lipinski definition) is 1. The molecule has 4 rings (SSSR count). The number of sulfonamides is 1. The van der Waals surface area contributed by atoms with Crippen LogP contribution in [0.3, 0.4) is 0 Å². The Morgan fingerprint density at radius 2 is 1.59 bits per heavy atom. The first-order valence-corrected chi connectivity index (χ1v) is 13.6. The van der Waals surface area contributed by atoms with E-state index in [1.54, 1.807) is 22.6 Å². The maximum absolute atomic E-state index is 12.9. The Labute approximate surface area is 203 Å². The van der Waals surface area contributed by atoms with Crippen LogP contribution in [0, 0.1) is 0 Å². The van der Waals surface area contributed by atoms with E-state index >= 15 is 0 Å². The van der Waals surface area contributed by atoms with Gasteiger partial charge in [0.05, 0.1) is 16.8 Å². The second-order valence-corrected chi connectivity index (χ2v) is 11.1. The zero-order chi connectivity index (χ0) is 24.0. The third kappa shape index (κ3) is 6.34. The van der Waals surface area contributed by atoms with E-state index in [9.17, 15) is 13.2 Å². The highest BCUT2D eigenvalue weighted by molar-refractivity contribution is 7.89. The number of carbonyl (C=O) groups is 1. The lowest BCUT2D eigenvalue weighted by Crippen LogP contribution is -2.44. The third-order valence-corrected chi connectivity index (χ3v) is 8.54. The van der Waals surface area contributed by atoms with Gasteiger partial charge in [0.2, 0.25) is 15.9 Å². The molecular weight excluding hydrogens is 450 g/mol. The Hall–Kier alpha value is -2.49. The summed E-state index contributed by atoms with van der Waals surface area (Å²) in [6.45, 7) is 5.13. The molecule has 0 radical (unpaired) electrons. The molecule has 1 aromatic heterocycles. The van der Waals surface area contributed by atoms with Gasteiger partial charge in [-0.15, -0.1) is 0 Å². The molecule has 0 unspecified atom stereocenters. The number of aromatic nitrogens is 1. The van der Waals surface area contributed by atoms with Crippen molar-refractivity contribution in [2.24, 2.45) is 0 Å². The summed E-state index contributed by atoms with van der Waals surface area (Å²) >= 11 is 0. The largest absolute Gasteiger partial charge is 0.354 e. The van der Waals surface area contributed by atoms with E-state index in [1.165, 1.54) is 0 Å². The van der Waals surface area contributed by atoms with Crippen LogP contribution in [0.4, 0.5) is 11.5 Å². The topological polar surface area (TPSA) is 85.8 Å². The van der Waals surface area contributed by atoms with Crippen molar-refractivity contribution in [3.63, 3.8) is 0 Å². The standard InChI is InChI=1S/C25H35N5O3S/c1-28-16-18-29(19-17-28)24-12-9-22(20-26-24)27-25(31)13-8-21-6-10-23(11-7-21)34(32,33)30-14-4-2-3-5-15-30/h6-7,9-12,20H,2-5,8,13-19H2,1H3,(H,27,31). The van der Waals surface area contributed by atoms with Crippen molar-refractivity contribution in [3.05, 3.63) is 48.2 Å². The van der Waals surface area contributed by atoms with Gasteiger partial charge in [-0.3, -0.25) is 4.79 Å². The van der Waals surface area contributed by atoms with Crippen molar-refractivity contribution in [2.45, 2.75) is 43.4 Å². The van der Waals surface area contributed by atoms with Crippen LogP contribution < -0.4 is 10.2 Å². The molecule has 1 N–H and O–H groups in total. The number of nitrogens with one attached hydrogen (secondary N) is 1. The molecule has 2 saturated heterocycles. The molecule has 0 bridgehead atoms. The summed E-state index contributed by atoms with van der Waals surface area (Å²) < 4.78 is 27.4. The molecule has 0 saturated carbocycles. The number of aryl methyl sites for hydroxylation is 1. The van der Waals surface area contributed by atoms with E-state index in [0.717, 1.165) is 63.2 Å². The average Bonchev–Trinajstić information content (AvgIpc) is 3.15. The van der Waals surface area contributed by atoms with Gasteiger partial charge in [-0.1, -0.05) is 25.0 Å². The molecule has 1 amide bonds. The van der Waals surface area contributed by atoms with E-state index in [0.29, 0.717) is 36.5 Å². The first-order valence-electron chi connectivity index (χ1n) is 12.2. The van der Waals surface area contributed by atoms with Crippen LogP contribution in [0.15, 0.2) is 47.5 Å². The molecule has 2 fully saturated rings. The van der Waals surface area contributed by atoms with Gasteiger partial charge in [0.25, 0.3) is 0 Å². The highest BCUT2D eigenvalue weighted by atomic mass is 32.2. The normalized spacial score (nSPS) is 18.4. The number of piperazine rings is 1. The molecule has 1 aromatic carbocycles. The fourth-order valence-electron chi connectivity index (χ4n) is 4.42. The summed E-state index contributed by atoms with van der Waals surface area (Å²) in [7, 11) is -1.33. The van der Waals surface area contributed by atoms with E-state index in [2.05, 4.69) is 27.1 Å². The van der Waals surface area contributed by atoms with Gasteiger partial charge in [-0.2, -0.15) is 4.31 Å². The zero-order valence-electron chi connectivity index (χ0n) is 19.9. The summed E-state index contributed by atoms with van der Waals surface area (Å²) in [5.74, 6) is 0.844. The van der Waals surface area contributed by atoms with Gasteiger partial charge in [0.15, 0.2) is 0 Å². The second kappa shape index (κ2) is 11.3. The Morgan fingerprint density at radius 3 is 2.21 bits per heavy atom. The summed E-state index contributed by atoms with van der Waals surface area (Å²) in [4.78, 5) is 21.8. The molecule has 8 nitrogen and oxygen atoms in total. The Balaban J connectivity index is 1.27. The number of anilines is 2. The second-order valence-electron chi connectivity index (χ2n) is 9.21. The molecule has 3 heterocycles. The average molecular weight is 486 g/mol. The maximum atomic E-state index is 12.9. The van der Waals surface area contributed by atoms with Crippen molar-refractivity contribution in [1.82, 2.24) is 14.2 Å². The summed E-state index contributed by atoms with van der Waals surface area (Å²) in [5, 5.41) is 2.90. The number of carbonyl (C=O) groups excluding carboxylic acids is 1. The Kier molecular flexibility index (Phi) is 8.18. The first-order chi connectivity index (χ1) is 16.4. The minimum atomic E-state index is -3.45. The van der Waals surface area contributed by atoms with Gasteiger partial charge in [-0.25, -0.2) is 13.4 Å². The van der Waals surface area contributed by atoms with Crippen LogP contribution in [0.1, 0.15) is 37.7 Å². The minimum absolute atomic E-state index is 0.0876. The fraction of sp³-hybridized carbons (Fsp3) is 0.520. The highest BCUT2D eigenvalue weighted by Crippen LogP contribution is 2.21. The van der Waals surface area contributed by atoms with E-state index in [1.807, 2.05) is 24.3 Å². The smallest absolute Gasteiger partial charge is 0.243 e. The molecule has 0 aliphatic carbocycles. The monoisotopic (exact) mass is 485 g/mol. The molecule has 0 atom stereocenters. The predicted octanol–water partition coefficient (Wildman–Crippen LogP) is 2.97. The van der Waals surface area contributed by atoms with Crippen molar-refractivity contribution in [3.8, 4) is 0 Å². The number of rotatable bonds is 7. The maximum Gasteiger partial charge on any atom is 0.243 e. The van der Waals surface area contributed by atoms with Crippen molar-refractivity contribution >= 4 is 27.4 Å². The van der Waals surface area contributed by atoms with Crippen LogP contribution in [0.5, 0.6) is 0 Å². The predicted molar refractivity (Wildman–Crippen MR) is 135 cm³/mol. The number of benzene rings is 1. The SMILES string of the molecule is CN1CCN(c2ccc(NC(=O)CCc3ccc(S(=O)(=O)N4CCCCCC4)cc3)cn2)CC1. The van der Waals surface area contributed by atoms with Gasteiger partial charge < -0.3 is 15.1 Å². The Bertz CT molecular complexity index is 1040. The molecule has 34 heavy (non-hydrogen) atoms. The van der Waals surface area contributed by atoms with Gasteiger partial charge in [0, 0.05) is 45.7 Å². The third-order valence-electron chi connectivity index (χ3n) is 6.63. The lowest BCUT2D eigenvalue weighted by molar-refractivity contribution is -0.116. The number of nitrogens with zero attached hydrogens (tertiary/aromatic N) is 4.